The topological polar surface area (TPSA) is 10.4 Å². The van der Waals surface area contributed by atoms with Crippen LogP contribution in [0.2, 0.25) is 0 Å². The molecule has 1 heterocycles. The average molecular weight is 491 g/mol. The van der Waals surface area contributed by atoms with Crippen LogP contribution in [-0.2, 0) is 6.54 Å². The fourth-order valence-electron chi connectivity index (χ4n) is 4.71. The molecule has 0 radical (unpaired) electrons. The molecule has 0 aliphatic carbocycles. The van der Waals surface area contributed by atoms with E-state index >= 15 is 4.39 Å². The lowest BCUT2D eigenvalue weighted by atomic mass is 10.0. The molecule has 36 heavy (non-hydrogen) atoms. The monoisotopic (exact) mass is 490 g/mol. The van der Waals surface area contributed by atoms with Crippen molar-refractivity contribution in [2.24, 2.45) is 0 Å². The minimum absolute atomic E-state index is 0.0968. The summed E-state index contributed by atoms with van der Waals surface area (Å²) in [5, 5.41) is 1.66. The van der Waals surface area contributed by atoms with E-state index < -0.39 is 0 Å². The second kappa shape index (κ2) is 14.7. The summed E-state index contributed by atoms with van der Waals surface area (Å²) < 4.78 is 17.9. The highest BCUT2D eigenvalue weighted by atomic mass is 19.1. The van der Waals surface area contributed by atoms with Crippen LogP contribution in [0.3, 0.4) is 0 Å². The minimum atomic E-state index is -0.0968. The molecule has 194 valence electrons. The van der Waals surface area contributed by atoms with Gasteiger partial charge in [-0.1, -0.05) is 77.0 Å². The molecule has 0 fully saturated rings. The minimum Gasteiger partial charge on any atom is -0.369 e. The first-order valence-electron chi connectivity index (χ1n) is 14.0. The van der Waals surface area contributed by atoms with E-state index in [4.69, 9.17) is 0 Å². The molecule has 3 rings (SSSR count). The predicted molar refractivity (Wildman–Crippen MR) is 154 cm³/mol. The third-order valence-corrected chi connectivity index (χ3v) is 7.07. The molecule has 2 aromatic carbocycles. The molecule has 3 nitrogen and oxygen atoms in total. The van der Waals surface area contributed by atoms with Gasteiger partial charge in [0, 0.05) is 43.6 Å². The maximum Gasteiger partial charge on any atom is 0.169 e. The first kappa shape index (κ1) is 27.9. The SMILES string of the molecule is CCCCN(CCCC)c1ccc2c(/C=C/c3cc[n+](CCCN(CC)CC)cc3)cccc2c1F. The number of benzene rings is 2. The lowest BCUT2D eigenvalue weighted by Gasteiger charge is -2.26. The Labute approximate surface area is 218 Å². The molecule has 0 spiro atoms. The van der Waals surface area contributed by atoms with Gasteiger partial charge in [-0.25, -0.2) is 8.96 Å². The molecule has 0 aliphatic rings. The van der Waals surface area contributed by atoms with Crippen LogP contribution in [0.1, 0.15) is 70.9 Å². The molecule has 0 saturated carbocycles. The molecule has 0 amide bonds. The summed E-state index contributed by atoms with van der Waals surface area (Å²) in [5.41, 5.74) is 2.93. The van der Waals surface area contributed by atoms with Crippen LogP contribution < -0.4 is 9.47 Å². The largest absolute Gasteiger partial charge is 0.369 e. The number of aryl methyl sites for hydroxylation is 1. The zero-order valence-electron chi connectivity index (χ0n) is 22.8. The molecule has 0 atom stereocenters. The zero-order chi connectivity index (χ0) is 25.8. The first-order valence-corrected chi connectivity index (χ1v) is 14.0. The molecule has 0 unspecified atom stereocenters. The number of aromatic nitrogens is 1. The molecular weight excluding hydrogens is 445 g/mol. The van der Waals surface area contributed by atoms with Gasteiger partial charge in [0.25, 0.3) is 0 Å². The van der Waals surface area contributed by atoms with Crippen molar-refractivity contribution in [2.75, 3.05) is 37.6 Å². The first-order chi connectivity index (χ1) is 17.6. The van der Waals surface area contributed by atoms with Crippen LogP contribution in [0.5, 0.6) is 0 Å². The molecular formula is C32H45FN3+. The summed E-state index contributed by atoms with van der Waals surface area (Å²) in [6.45, 7) is 15.0. The van der Waals surface area contributed by atoms with Crippen LogP contribution in [0.15, 0.2) is 54.9 Å². The van der Waals surface area contributed by atoms with Gasteiger partial charge in [-0.05, 0) is 48.5 Å². The molecule has 0 saturated heterocycles. The van der Waals surface area contributed by atoms with E-state index in [0.717, 1.165) is 93.6 Å². The summed E-state index contributed by atoms with van der Waals surface area (Å²) in [5.74, 6) is -0.0968. The second-order valence-corrected chi connectivity index (χ2v) is 9.62. The Hall–Kier alpha value is -2.72. The van der Waals surface area contributed by atoms with Crippen molar-refractivity contribution in [2.45, 2.75) is 66.3 Å². The van der Waals surface area contributed by atoms with Crippen molar-refractivity contribution < 1.29 is 8.96 Å². The third-order valence-electron chi connectivity index (χ3n) is 7.07. The normalized spacial score (nSPS) is 11.7. The average Bonchev–Trinajstić information content (AvgIpc) is 2.91. The van der Waals surface area contributed by atoms with Gasteiger partial charge in [0.15, 0.2) is 18.2 Å². The van der Waals surface area contributed by atoms with Gasteiger partial charge in [-0.15, -0.1) is 0 Å². The van der Waals surface area contributed by atoms with E-state index in [1.165, 1.54) is 0 Å². The lowest BCUT2D eigenvalue weighted by molar-refractivity contribution is -0.697. The number of halogens is 1. The van der Waals surface area contributed by atoms with E-state index in [1.807, 2.05) is 18.2 Å². The molecule has 0 aliphatic heterocycles. The third kappa shape index (κ3) is 7.64. The Morgan fingerprint density at radius 3 is 2.08 bits per heavy atom. The van der Waals surface area contributed by atoms with Crippen LogP contribution in [0.4, 0.5) is 10.1 Å². The summed E-state index contributed by atoms with van der Waals surface area (Å²) >= 11 is 0. The number of fused-ring (bicyclic) bond motifs is 1. The van der Waals surface area contributed by atoms with Gasteiger partial charge >= 0.3 is 0 Å². The highest BCUT2D eigenvalue weighted by Gasteiger charge is 2.15. The number of rotatable bonds is 15. The molecule has 0 N–H and O–H groups in total. The number of anilines is 1. The van der Waals surface area contributed by atoms with E-state index in [1.54, 1.807) is 0 Å². The van der Waals surface area contributed by atoms with Crippen molar-refractivity contribution in [3.8, 4) is 0 Å². The summed E-state index contributed by atoms with van der Waals surface area (Å²) in [6, 6.07) is 14.3. The summed E-state index contributed by atoms with van der Waals surface area (Å²) in [7, 11) is 0. The van der Waals surface area contributed by atoms with Gasteiger partial charge in [-0.3, -0.25) is 0 Å². The Balaban J connectivity index is 1.74. The standard InChI is InChI=1S/C32H45FN3/c1-5-9-23-36(24-10-6-2)31-18-17-29-28(13-11-14-30(29)32(31)33)16-15-27-19-25-35(26-20-27)22-12-21-34(7-3)8-4/h11,13-20,25-26H,5-10,12,21-24H2,1-4H3/q+1/b16-15+. The predicted octanol–water partition coefficient (Wildman–Crippen LogP) is 7.58. The van der Waals surface area contributed by atoms with Gasteiger partial charge < -0.3 is 9.80 Å². The highest BCUT2D eigenvalue weighted by Crippen LogP contribution is 2.30. The summed E-state index contributed by atoms with van der Waals surface area (Å²) in [6.07, 6.45) is 14.1. The molecule has 1 aromatic heterocycles. The fourth-order valence-corrected chi connectivity index (χ4v) is 4.71. The molecule has 0 bridgehead atoms. The Morgan fingerprint density at radius 1 is 0.750 bits per heavy atom. The second-order valence-electron chi connectivity index (χ2n) is 9.62. The maximum absolute atomic E-state index is 15.7. The fraction of sp³-hybridized carbons (Fsp3) is 0.469. The van der Waals surface area contributed by atoms with Gasteiger partial charge in [0.2, 0.25) is 0 Å². The summed E-state index contributed by atoms with van der Waals surface area (Å²) in [4.78, 5) is 4.69. The molecule has 4 heteroatoms. The van der Waals surface area contributed by atoms with Crippen molar-refractivity contribution in [1.29, 1.82) is 0 Å². The maximum atomic E-state index is 15.7. The Kier molecular flexibility index (Phi) is 11.4. The highest BCUT2D eigenvalue weighted by molar-refractivity contribution is 5.95. The Morgan fingerprint density at radius 2 is 1.44 bits per heavy atom. The van der Waals surface area contributed by atoms with Crippen molar-refractivity contribution in [3.63, 3.8) is 0 Å². The number of nitrogens with zero attached hydrogens (tertiary/aromatic N) is 3. The van der Waals surface area contributed by atoms with Crippen LogP contribution in [-0.4, -0.2) is 37.6 Å². The smallest absolute Gasteiger partial charge is 0.169 e. The zero-order valence-corrected chi connectivity index (χ0v) is 22.8. The van der Waals surface area contributed by atoms with Gasteiger partial charge in [-0.2, -0.15) is 0 Å². The number of pyridine rings is 1. The number of hydrogen-bond donors (Lipinski definition) is 0. The quantitative estimate of drug-likeness (QED) is 0.203. The van der Waals surface area contributed by atoms with E-state index in [2.05, 4.69) is 90.9 Å². The van der Waals surface area contributed by atoms with Gasteiger partial charge in [0.1, 0.15) is 6.54 Å². The van der Waals surface area contributed by atoms with Gasteiger partial charge in [0.05, 0.1) is 5.69 Å². The van der Waals surface area contributed by atoms with Crippen molar-refractivity contribution >= 4 is 28.6 Å². The Bertz CT molecular complexity index is 1080. The van der Waals surface area contributed by atoms with Crippen molar-refractivity contribution in [3.05, 3.63) is 71.8 Å². The van der Waals surface area contributed by atoms with Crippen molar-refractivity contribution in [1.82, 2.24) is 4.90 Å². The molecule has 3 aromatic rings. The van der Waals surface area contributed by atoms with E-state index in [0.29, 0.717) is 5.39 Å². The van der Waals surface area contributed by atoms with E-state index in [-0.39, 0.29) is 5.82 Å². The number of hydrogen-bond acceptors (Lipinski definition) is 2. The van der Waals surface area contributed by atoms with Crippen LogP contribution >= 0.6 is 0 Å². The lowest BCUT2D eigenvalue weighted by Crippen LogP contribution is -2.35. The number of unbranched alkanes of at least 4 members (excludes halogenated alkanes) is 2. The van der Waals surface area contributed by atoms with E-state index in [9.17, 15) is 0 Å². The van der Waals surface area contributed by atoms with Crippen LogP contribution in [0, 0.1) is 5.82 Å². The van der Waals surface area contributed by atoms with Crippen LogP contribution in [0.25, 0.3) is 22.9 Å².